The first kappa shape index (κ1) is 17.3. The summed E-state index contributed by atoms with van der Waals surface area (Å²) in [6.45, 7) is 9.03. The number of aromatic hydroxyl groups is 1. The van der Waals surface area contributed by atoms with Gasteiger partial charge in [0.05, 0.1) is 12.7 Å². The van der Waals surface area contributed by atoms with Gasteiger partial charge in [0.1, 0.15) is 11.5 Å². The highest BCUT2D eigenvalue weighted by Crippen LogP contribution is 2.26. The third-order valence-corrected chi connectivity index (χ3v) is 3.64. The highest BCUT2D eigenvalue weighted by atomic mass is 16.5. The molecule has 1 rings (SSSR count). The maximum Gasteiger partial charge on any atom is 0.258 e. The minimum absolute atomic E-state index is 0.000474. The molecule has 1 aromatic carbocycles. The molecule has 0 aliphatic carbocycles. The molecule has 0 aromatic heterocycles. The zero-order chi connectivity index (χ0) is 16.0. The second-order valence-electron chi connectivity index (χ2n) is 5.70. The lowest BCUT2D eigenvalue weighted by Gasteiger charge is -2.32. The van der Waals surface area contributed by atoms with E-state index in [-0.39, 0.29) is 17.7 Å². The van der Waals surface area contributed by atoms with Gasteiger partial charge in [0.25, 0.3) is 5.91 Å². The van der Waals surface area contributed by atoms with Gasteiger partial charge in [0.2, 0.25) is 0 Å². The zero-order valence-electron chi connectivity index (χ0n) is 13.7. The Kier molecular flexibility index (Phi) is 6.53. The normalized spacial score (nSPS) is 11.0. The molecule has 4 heteroatoms. The van der Waals surface area contributed by atoms with Crippen LogP contribution in [0.5, 0.6) is 11.5 Å². The van der Waals surface area contributed by atoms with E-state index in [9.17, 15) is 9.90 Å². The monoisotopic (exact) mass is 293 g/mol. The number of rotatable bonds is 7. The SMILES string of the molecule is CCC(CC)N(CC(C)C)C(=O)c1cc(OC)ccc1O. The Morgan fingerprint density at radius 2 is 1.90 bits per heavy atom. The van der Waals surface area contributed by atoms with Crippen molar-refractivity contribution >= 4 is 5.91 Å². The van der Waals surface area contributed by atoms with E-state index in [1.165, 1.54) is 6.07 Å². The van der Waals surface area contributed by atoms with Gasteiger partial charge in [-0.05, 0) is 37.0 Å². The zero-order valence-corrected chi connectivity index (χ0v) is 13.7. The molecule has 0 heterocycles. The summed E-state index contributed by atoms with van der Waals surface area (Å²) >= 11 is 0. The average Bonchev–Trinajstić information content (AvgIpc) is 2.47. The standard InChI is InChI=1S/C17H27NO3/c1-6-13(7-2)18(11-12(3)4)17(20)15-10-14(21-5)8-9-16(15)19/h8-10,12-13,19H,6-7,11H2,1-5H3. The fourth-order valence-electron chi connectivity index (χ4n) is 2.49. The number of ether oxygens (including phenoxy) is 1. The predicted octanol–water partition coefficient (Wildman–Crippen LogP) is 3.69. The van der Waals surface area contributed by atoms with Crippen molar-refractivity contribution in [1.29, 1.82) is 0 Å². The largest absolute Gasteiger partial charge is 0.507 e. The minimum Gasteiger partial charge on any atom is -0.507 e. The molecule has 0 spiro atoms. The number of phenols is 1. The van der Waals surface area contributed by atoms with Crippen LogP contribution in [-0.4, -0.2) is 35.6 Å². The number of carbonyl (C=O) groups is 1. The van der Waals surface area contributed by atoms with E-state index in [1.54, 1.807) is 19.2 Å². The van der Waals surface area contributed by atoms with E-state index < -0.39 is 0 Å². The van der Waals surface area contributed by atoms with E-state index in [1.807, 2.05) is 4.90 Å². The second-order valence-corrected chi connectivity index (χ2v) is 5.70. The smallest absolute Gasteiger partial charge is 0.258 e. The van der Waals surface area contributed by atoms with Crippen molar-refractivity contribution in [2.24, 2.45) is 5.92 Å². The van der Waals surface area contributed by atoms with Crippen LogP contribution in [-0.2, 0) is 0 Å². The third-order valence-electron chi connectivity index (χ3n) is 3.64. The molecule has 0 unspecified atom stereocenters. The highest BCUT2D eigenvalue weighted by molar-refractivity contribution is 5.97. The number of nitrogens with zero attached hydrogens (tertiary/aromatic N) is 1. The summed E-state index contributed by atoms with van der Waals surface area (Å²) in [5.41, 5.74) is 0.307. The van der Waals surface area contributed by atoms with Crippen molar-refractivity contribution < 1.29 is 14.6 Å². The molecule has 0 fully saturated rings. The molecule has 0 saturated heterocycles. The van der Waals surface area contributed by atoms with Crippen molar-refractivity contribution in [3.8, 4) is 11.5 Å². The molecule has 0 atom stereocenters. The van der Waals surface area contributed by atoms with Gasteiger partial charge in [-0.1, -0.05) is 27.7 Å². The van der Waals surface area contributed by atoms with Crippen LogP contribution in [0.2, 0.25) is 0 Å². The number of phenolic OH excluding ortho intramolecular Hbond substituents is 1. The summed E-state index contributed by atoms with van der Waals surface area (Å²) in [7, 11) is 1.55. The summed E-state index contributed by atoms with van der Waals surface area (Å²) < 4.78 is 5.15. The molecular formula is C17H27NO3. The van der Waals surface area contributed by atoms with Crippen LogP contribution in [0.15, 0.2) is 18.2 Å². The Labute approximate surface area is 127 Å². The molecule has 0 saturated carbocycles. The van der Waals surface area contributed by atoms with Gasteiger partial charge in [-0.2, -0.15) is 0 Å². The highest BCUT2D eigenvalue weighted by Gasteiger charge is 2.25. The first-order valence-electron chi connectivity index (χ1n) is 7.62. The van der Waals surface area contributed by atoms with Crippen LogP contribution in [0, 0.1) is 5.92 Å². The van der Waals surface area contributed by atoms with E-state index in [2.05, 4.69) is 27.7 Å². The molecule has 4 nitrogen and oxygen atoms in total. The van der Waals surface area contributed by atoms with Crippen LogP contribution in [0.25, 0.3) is 0 Å². The number of carbonyl (C=O) groups excluding carboxylic acids is 1. The predicted molar refractivity (Wildman–Crippen MR) is 84.9 cm³/mol. The molecule has 0 aliphatic heterocycles. The molecule has 21 heavy (non-hydrogen) atoms. The van der Waals surface area contributed by atoms with Crippen LogP contribution < -0.4 is 4.74 Å². The maximum atomic E-state index is 12.8. The molecule has 0 aliphatic rings. The molecule has 1 N–H and O–H groups in total. The average molecular weight is 293 g/mol. The van der Waals surface area contributed by atoms with E-state index in [0.717, 1.165) is 12.8 Å². The Bertz CT molecular complexity index is 467. The molecule has 0 bridgehead atoms. The van der Waals surface area contributed by atoms with Crippen LogP contribution in [0.4, 0.5) is 0 Å². The molecule has 0 radical (unpaired) electrons. The summed E-state index contributed by atoms with van der Waals surface area (Å²) in [5.74, 6) is 0.821. The number of methoxy groups -OCH3 is 1. The quantitative estimate of drug-likeness (QED) is 0.834. The Morgan fingerprint density at radius 1 is 1.29 bits per heavy atom. The van der Waals surface area contributed by atoms with E-state index in [4.69, 9.17) is 4.74 Å². The fourth-order valence-corrected chi connectivity index (χ4v) is 2.49. The van der Waals surface area contributed by atoms with Crippen molar-refractivity contribution in [2.45, 2.75) is 46.6 Å². The molecule has 1 amide bonds. The Balaban J connectivity index is 3.15. The third kappa shape index (κ3) is 4.38. The topological polar surface area (TPSA) is 49.8 Å². The second kappa shape index (κ2) is 7.91. The van der Waals surface area contributed by atoms with Gasteiger partial charge >= 0.3 is 0 Å². The Hall–Kier alpha value is -1.71. The lowest BCUT2D eigenvalue weighted by molar-refractivity contribution is 0.0637. The van der Waals surface area contributed by atoms with Gasteiger partial charge < -0.3 is 14.7 Å². The molecule has 1 aromatic rings. The molecule has 118 valence electrons. The van der Waals surface area contributed by atoms with Crippen molar-refractivity contribution in [2.75, 3.05) is 13.7 Å². The van der Waals surface area contributed by atoms with Gasteiger partial charge in [-0.25, -0.2) is 0 Å². The summed E-state index contributed by atoms with van der Waals surface area (Å²) in [6.07, 6.45) is 1.80. The molecular weight excluding hydrogens is 266 g/mol. The van der Waals surface area contributed by atoms with Gasteiger partial charge in [0.15, 0.2) is 0 Å². The minimum atomic E-state index is -0.131. The number of benzene rings is 1. The van der Waals surface area contributed by atoms with Gasteiger partial charge in [-0.15, -0.1) is 0 Å². The first-order chi connectivity index (χ1) is 9.94. The lowest BCUT2D eigenvalue weighted by Crippen LogP contribution is -2.42. The number of hydrogen-bond donors (Lipinski definition) is 1. The van der Waals surface area contributed by atoms with Crippen molar-refractivity contribution in [3.63, 3.8) is 0 Å². The number of amides is 1. The fraction of sp³-hybridized carbons (Fsp3) is 0.588. The maximum absolute atomic E-state index is 12.8. The van der Waals surface area contributed by atoms with E-state index in [0.29, 0.717) is 23.8 Å². The van der Waals surface area contributed by atoms with Crippen LogP contribution in [0.3, 0.4) is 0 Å². The first-order valence-corrected chi connectivity index (χ1v) is 7.62. The lowest BCUT2D eigenvalue weighted by atomic mass is 10.0. The van der Waals surface area contributed by atoms with Gasteiger partial charge in [-0.3, -0.25) is 4.79 Å². The van der Waals surface area contributed by atoms with E-state index >= 15 is 0 Å². The number of hydrogen-bond acceptors (Lipinski definition) is 3. The van der Waals surface area contributed by atoms with Crippen LogP contribution >= 0.6 is 0 Å². The van der Waals surface area contributed by atoms with Gasteiger partial charge in [0, 0.05) is 12.6 Å². The van der Waals surface area contributed by atoms with Crippen molar-refractivity contribution in [3.05, 3.63) is 23.8 Å². The van der Waals surface area contributed by atoms with Crippen molar-refractivity contribution in [1.82, 2.24) is 4.90 Å². The van der Waals surface area contributed by atoms with Crippen LogP contribution in [0.1, 0.15) is 50.9 Å². The summed E-state index contributed by atoms with van der Waals surface area (Å²) in [5, 5.41) is 10.0. The summed E-state index contributed by atoms with van der Waals surface area (Å²) in [6, 6.07) is 4.95. The Morgan fingerprint density at radius 3 is 2.38 bits per heavy atom. The summed E-state index contributed by atoms with van der Waals surface area (Å²) in [4.78, 5) is 14.7.